The highest BCUT2D eigenvalue weighted by atomic mass is 19.4. The van der Waals surface area contributed by atoms with E-state index in [9.17, 15) is 18.0 Å². The third kappa shape index (κ3) is 3.90. The van der Waals surface area contributed by atoms with Crippen LogP contribution in [0.2, 0.25) is 0 Å². The molecule has 0 unspecified atom stereocenters. The lowest BCUT2D eigenvalue weighted by Gasteiger charge is -2.18. The number of benzene rings is 2. The van der Waals surface area contributed by atoms with E-state index in [0.29, 0.717) is 16.6 Å². The van der Waals surface area contributed by atoms with Crippen molar-refractivity contribution in [3.8, 4) is 5.75 Å². The third-order valence-corrected chi connectivity index (χ3v) is 3.63. The number of hydrogen-bond acceptors (Lipinski definition) is 3. The molecule has 0 saturated heterocycles. The summed E-state index contributed by atoms with van der Waals surface area (Å²) in [6, 6.07) is 10.7. The highest BCUT2D eigenvalue weighted by Crippen LogP contribution is 2.23. The molecular weight excluding hydrogens is 335 g/mol. The SMILES string of the molecule is CN(Cc1ccc(OC(F)(F)F)cc1)C(=O)c1cccc2cn[nH]c12. The quantitative estimate of drug-likeness (QED) is 0.781. The number of carbonyl (C=O) groups is 1. The summed E-state index contributed by atoms with van der Waals surface area (Å²) in [5.41, 5.74) is 1.81. The first-order valence-corrected chi connectivity index (χ1v) is 7.36. The van der Waals surface area contributed by atoms with Crippen molar-refractivity contribution in [2.24, 2.45) is 0 Å². The molecule has 2 aromatic carbocycles. The first-order valence-electron chi connectivity index (χ1n) is 7.36. The zero-order valence-corrected chi connectivity index (χ0v) is 13.2. The van der Waals surface area contributed by atoms with Gasteiger partial charge in [-0.05, 0) is 23.8 Å². The Kier molecular flexibility index (Phi) is 4.35. The first kappa shape index (κ1) is 16.8. The monoisotopic (exact) mass is 349 g/mol. The van der Waals surface area contributed by atoms with Crippen LogP contribution in [-0.2, 0) is 6.54 Å². The first-order chi connectivity index (χ1) is 11.8. The maximum atomic E-state index is 12.6. The van der Waals surface area contributed by atoms with Gasteiger partial charge in [-0.25, -0.2) is 0 Å². The molecule has 130 valence electrons. The van der Waals surface area contributed by atoms with Crippen molar-refractivity contribution in [3.63, 3.8) is 0 Å². The summed E-state index contributed by atoms with van der Waals surface area (Å²) in [7, 11) is 1.62. The molecule has 1 N–H and O–H groups in total. The van der Waals surface area contributed by atoms with E-state index in [0.717, 1.165) is 5.39 Å². The van der Waals surface area contributed by atoms with Gasteiger partial charge in [0.15, 0.2) is 0 Å². The maximum absolute atomic E-state index is 12.6. The highest BCUT2D eigenvalue weighted by Gasteiger charge is 2.31. The van der Waals surface area contributed by atoms with Gasteiger partial charge in [0.1, 0.15) is 5.75 Å². The van der Waals surface area contributed by atoms with Crippen LogP contribution in [0.3, 0.4) is 0 Å². The van der Waals surface area contributed by atoms with Gasteiger partial charge in [-0.1, -0.05) is 24.3 Å². The van der Waals surface area contributed by atoms with Gasteiger partial charge in [0, 0.05) is 19.0 Å². The van der Waals surface area contributed by atoms with E-state index in [1.54, 1.807) is 25.4 Å². The third-order valence-electron chi connectivity index (χ3n) is 3.63. The molecule has 1 aromatic heterocycles. The van der Waals surface area contributed by atoms with Crippen LogP contribution >= 0.6 is 0 Å². The van der Waals surface area contributed by atoms with Crippen molar-refractivity contribution in [2.75, 3.05) is 7.05 Å². The number of aromatic amines is 1. The van der Waals surface area contributed by atoms with Gasteiger partial charge < -0.3 is 9.64 Å². The van der Waals surface area contributed by atoms with Gasteiger partial charge in [-0.2, -0.15) is 5.10 Å². The van der Waals surface area contributed by atoms with E-state index < -0.39 is 6.36 Å². The Labute approximate surface area is 141 Å². The molecule has 1 amide bonds. The number of aromatic nitrogens is 2. The predicted molar refractivity (Wildman–Crippen MR) is 85.0 cm³/mol. The number of rotatable bonds is 4. The van der Waals surface area contributed by atoms with Gasteiger partial charge in [-0.15, -0.1) is 13.2 Å². The minimum Gasteiger partial charge on any atom is -0.406 e. The van der Waals surface area contributed by atoms with Crippen LogP contribution in [0.25, 0.3) is 10.9 Å². The summed E-state index contributed by atoms with van der Waals surface area (Å²) in [6.45, 7) is 0.246. The summed E-state index contributed by atoms with van der Waals surface area (Å²) in [5, 5.41) is 7.55. The van der Waals surface area contributed by atoms with Gasteiger partial charge >= 0.3 is 6.36 Å². The number of amides is 1. The lowest BCUT2D eigenvalue weighted by Crippen LogP contribution is -2.26. The van der Waals surface area contributed by atoms with Crippen LogP contribution in [0.5, 0.6) is 5.75 Å². The van der Waals surface area contributed by atoms with Crippen LogP contribution in [0.15, 0.2) is 48.7 Å². The summed E-state index contributed by atoms with van der Waals surface area (Å²) < 4.78 is 40.3. The van der Waals surface area contributed by atoms with E-state index in [1.807, 2.05) is 6.07 Å². The molecule has 0 radical (unpaired) electrons. The van der Waals surface area contributed by atoms with Crippen LogP contribution in [0.1, 0.15) is 15.9 Å². The second-order valence-electron chi connectivity index (χ2n) is 5.49. The smallest absolute Gasteiger partial charge is 0.406 e. The molecule has 3 aromatic rings. The Hall–Kier alpha value is -3.03. The summed E-state index contributed by atoms with van der Waals surface area (Å²) in [6.07, 6.45) is -3.09. The Morgan fingerprint density at radius 2 is 1.92 bits per heavy atom. The molecule has 0 spiro atoms. The average molecular weight is 349 g/mol. The number of fused-ring (bicyclic) bond motifs is 1. The van der Waals surface area contributed by atoms with Gasteiger partial charge in [0.05, 0.1) is 17.3 Å². The molecule has 0 saturated carbocycles. The second kappa shape index (κ2) is 6.46. The fraction of sp³-hybridized carbons (Fsp3) is 0.176. The molecule has 3 rings (SSSR count). The zero-order valence-electron chi connectivity index (χ0n) is 13.2. The Balaban J connectivity index is 1.72. The Bertz CT molecular complexity index is 888. The van der Waals surface area contributed by atoms with E-state index in [1.165, 1.54) is 29.2 Å². The van der Waals surface area contributed by atoms with Crippen LogP contribution < -0.4 is 4.74 Å². The van der Waals surface area contributed by atoms with Crippen LogP contribution in [0.4, 0.5) is 13.2 Å². The molecule has 0 fully saturated rings. The molecule has 0 atom stereocenters. The van der Waals surface area contributed by atoms with Gasteiger partial charge in [0.2, 0.25) is 0 Å². The van der Waals surface area contributed by atoms with Crippen LogP contribution in [-0.4, -0.2) is 34.4 Å². The average Bonchev–Trinajstić information content (AvgIpc) is 3.03. The molecule has 25 heavy (non-hydrogen) atoms. The van der Waals surface area contributed by atoms with Crippen molar-refractivity contribution in [3.05, 3.63) is 59.8 Å². The number of nitrogens with zero attached hydrogens (tertiary/aromatic N) is 2. The topological polar surface area (TPSA) is 58.2 Å². The molecule has 0 aliphatic carbocycles. The fourth-order valence-electron chi connectivity index (χ4n) is 2.49. The van der Waals surface area contributed by atoms with Crippen LogP contribution in [0, 0.1) is 0 Å². The number of nitrogens with one attached hydrogen (secondary N) is 1. The van der Waals surface area contributed by atoms with Crippen molar-refractivity contribution in [2.45, 2.75) is 12.9 Å². The van der Waals surface area contributed by atoms with E-state index >= 15 is 0 Å². The number of ether oxygens (including phenoxy) is 1. The van der Waals surface area contributed by atoms with Gasteiger partial charge in [0.25, 0.3) is 5.91 Å². The number of para-hydroxylation sites is 1. The van der Waals surface area contributed by atoms with Gasteiger partial charge in [-0.3, -0.25) is 9.89 Å². The molecule has 0 bridgehead atoms. The van der Waals surface area contributed by atoms with Crippen molar-refractivity contribution in [1.82, 2.24) is 15.1 Å². The lowest BCUT2D eigenvalue weighted by atomic mass is 10.1. The zero-order chi connectivity index (χ0) is 18.0. The number of carbonyl (C=O) groups excluding carboxylic acids is 1. The van der Waals surface area contributed by atoms with E-state index in [2.05, 4.69) is 14.9 Å². The highest BCUT2D eigenvalue weighted by molar-refractivity contribution is 6.05. The van der Waals surface area contributed by atoms with Crippen molar-refractivity contribution < 1.29 is 22.7 Å². The van der Waals surface area contributed by atoms with E-state index in [4.69, 9.17) is 0 Å². The molecule has 5 nitrogen and oxygen atoms in total. The predicted octanol–water partition coefficient (Wildman–Crippen LogP) is 3.73. The van der Waals surface area contributed by atoms with Crippen molar-refractivity contribution in [1.29, 1.82) is 0 Å². The second-order valence-corrected chi connectivity index (χ2v) is 5.49. The number of halogens is 3. The number of alkyl halides is 3. The minimum absolute atomic E-state index is 0.217. The largest absolute Gasteiger partial charge is 0.573 e. The molecular formula is C17H14F3N3O2. The minimum atomic E-state index is -4.73. The number of hydrogen-bond donors (Lipinski definition) is 1. The number of H-pyrrole nitrogens is 1. The molecule has 8 heteroatoms. The summed E-state index contributed by atoms with van der Waals surface area (Å²) in [5.74, 6) is -0.516. The standard InChI is InChI=1S/C17H14F3N3O2/c1-23(10-11-5-7-13(8-6-11)25-17(18,19)20)16(24)14-4-2-3-12-9-21-22-15(12)14/h2-9H,10H2,1H3,(H,21,22). The molecule has 1 heterocycles. The normalized spacial score (nSPS) is 11.5. The lowest BCUT2D eigenvalue weighted by molar-refractivity contribution is -0.274. The fourth-order valence-corrected chi connectivity index (χ4v) is 2.49. The Morgan fingerprint density at radius 1 is 1.20 bits per heavy atom. The molecule has 0 aliphatic heterocycles. The summed E-state index contributed by atoms with van der Waals surface area (Å²) >= 11 is 0. The van der Waals surface area contributed by atoms with E-state index in [-0.39, 0.29) is 18.2 Å². The Morgan fingerprint density at radius 3 is 2.60 bits per heavy atom. The summed E-state index contributed by atoms with van der Waals surface area (Å²) in [4.78, 5) is 14.1. The van der Waals surface area contributed by atoms with Crippen molar-refractivity contribution >= 4 is 16.8 Å². The molecule has 0 aliphatic rings. The maximum Gasteiger partial charge on any atom is 0.573 e.